The molecule has 2 bridgehead atoms. The standard InChI is InChI=1S/C23H24BrClN2O2/c1-27-18-10-11-20(27)22(19(12-18)14-4-8-17(25)9-5-14)23(29)26-13-21(28)15-2-6-16(24)7-3-15/h2-9,18-20,22H,10-13H2,1H3,(H,26,29)/t18-,19+,20+,22-/m0/s1. The summed E-state index contributed by atoms with van der Waals surface area (Å²) < 4.78 is 0.921. The summed E-state index contributed by atoms with van der Waals surface area (Å²) in [7, 11) is 2.12. The number of Topliss-reactive ketones (excluding diaryl/α,β-unsaturated/α-hetero) is 1. The summed E-state index contributed by atoms with van der Waals surface area (Å²) in [6.07, 6.45) is 3.09. The molecular weight excluding hydrogens is 452 g/mol. The Hall–Kier alpha value is -1.69. The number of rotatable bonds is 5. The van der Waals surface area contributed by atoms with Crippen molar-refractivity contribution in [3.05, 3.63) is 69.2 Å². The molecule has 2 heterocycles. The number of ketones is 1. The summed E-state index contributed by atoms with van der Waals surface area (Å²) in [5.74, 6) is -0.142. The van der Waals surface area contributed by atoms with Crippen molar-refractivity contribution >= 4 is 39.2 Å². The maximum absolute atomic E-state index is 13.2. The van der Waals surface area contributed by atoms with Crippen molar-refractivity contribution in [1.29, 1.82) is 0 Å². The van der Waals surface area contributed by atoms with Crippen molar-refractivity contribution in [1.82, 2.24) is 10.2 Å². The topological polar surface area (TPSA) is 49.4 Å². The SMILES string of the molecule is CN1[C@H]2CC[C@@H]1[C@@H](C(=O)NCC(=O)c1ccc(Br)cc1)[C@@H](c1ccc(Cl)cc1)C2. The fourth-order valence-corrected chi connectivity index (χ4v) is 5.29. The van der Waals surface area contributed by atoms with Crippen LogP contribution in [0.15, 0.2) is 53.0 Å². The van der Waals surface area contributed by atoms with Crippen LogP contribution in [0.5, 0.6) is 0 Å². The number of hydrogen-bond acceptors (Lipinski definition) is 3. The third kappa shape index (κ3) is 4.27. The molecule has 2 aromatic rings. The highest BCUT2D eigenvalue weighted by Crippen LogP contribution is 2.46. The van der Waals surface area contributed by atoms with Crippen LogP contribution in [-0.2, 0) is 4.79 Å². The highest BCUT2D eigenvalue weighted by Gasteiger charge is 2.48. The molecule has 2 saturated heterocycles. The molecule has 2 aromatic carbocycles. The lowest BCUT2D eigenvalue weighted by Gasteiger charge is -2.42. The molecule has 6 heteroatoms. The van der Waals surface area contributed by atoms with E-state index in [2.05, 4.69) is 33.2 Å². The predicted molar refractivity (Wildman–Crippen MR) is 118 cm³/mol. The van der Waals surface area contributed by atoms with Gasteiger partial charge in [0.25, 0.3) is 0 Å². The van der Waals surface area contributed by atoms with Gasteiger partial charge in [-0.05, 0) is 62.1 Å². The van der Waals surface area contributed by atoms with Gasteiger partial charge in [0.1, 0.15) is 0 Å². The maximum atomic E-state index is 13.2. The largest absolute Gasteiger partial charge is 0.348 e. The first-order valence-corrected chi connectivity index (χ1v) is 11.1. The van der Waals surface area contributed by atoms with Crippen LogP contribution in [0.4, 0.5) is 0 Å². The van der Waals surface area contributed by atoms with Crippen LogP contribution in [0.3, 0.4) is 0 Å². The van der Waals surface area contributed by atoms with Crippen LogP contribution in [-0.4, -0.2) is 42.3 Å². The number of piperidine rings is 1. The molecule has 4 atom stereocenters. The molecule has 2 aliphatic heterocycles. The van der Waals surface area contributed by atoms with Crippen molar-refractivity contribution in [2.45, 2.75) is 37.3 Å². The lowest BCUT2D eigenvalue weighted by Crippen LogP contribution is -2.52. The van der Waals surface area contributed by atoms with E-state index in [0.29, 0.717) is 16.6 Å². The average molecular weight is 476 g/mol. The monoisotopic (exact) mass is 474 g/mol. The van der Waals surface area contributed by atoms with E-state index in [1.54, 1.807) is 12.1 Å². The molecule has 29 heavy (non-hydrogen) atoms. The van der Waals surface area contributed by atoms with Gasteiger partial charge in [-0.25, -0.2) is 0 Å². The van der Waals surface area contributed by atoms with E-state index in [0.717, 1.165) is 29.3 Å². The minimum Gasteiger partial charge on any atom is -0.348 e. The number of nitrogens with zero attached hydrogens (tertiary/aromatic N) is 1. The van der Waals surface area contributed by atoms with E-state index in [-0.39, 0.29) is 36.1 Å². The number of benzene rings is 2. The van der Waals surface area contributed by atoms with Crippen molar-refractivity contribution in [2.24, 2.45) is 5.92 Å². The Morgan fingerprint density at radius 3 is 2.48 bits per heavy atom. The molecule has 4 rings (SSSR count). The maximum Gasteiger partial charge on any atom is 0.225 e. The Labute approximate surface area is 184 Å². The van der Waals surface area contributed by atoms with Gasteiger partial charge in [-0.2, -0.15) is 0 Å². The smallest absolute Gasteiger partial charge is 0.225 e. The molecule has 0 spiro atoms. The molecule has 1 amide bonds. The molecule has 4 nitrogen and oxygen atoms in total. The summed E-state index contributed by atoms with van der Waals surface area (Å²) in [6, 6.07) is 15.8. The summed E-state index contributed by atoms with van der Waals surface area (Å²) >= 11 is 9.44. The van der Waals surface area contributed by atoms with Crippen molar-refractivity contribution in [2.75, 3.05) is 13.6 Å². The molecule has 2 fully saturated rings. The summed E-state index contributed by atoms with van der Waals surface area (Å²) in [5.41, 5.74) is 1.75. The Morgan fingerprint density at radius 2 is 1.79 bits per heavy atom. The van der Waals surface area contributed by atoms with E-state index in [1.807, 2.05) is 36.4 Å². The first kappa shape index (κ1) is 20.6. The van der Waals surface area contributed by atoms with Crippen molar-refractivity contribution < 1.29 is 9.59 Å². The number of carbonyl (C=O) groups excluding carboxylic acids is 2. The lowest BCUT2D eigenvalue weighted by molar-refractivity contribution is -0.129. The van der Waals surface area contributed by atoms with Crippen LogP contribution in [0.1, 0.15) is 41.1 Å². The van der Waals surface area contributed by atoms with Gasteiger partial charge in [-0.1, -0.05) is 51.8 Å². The number of carbonyl (C=O) groups is 2. The third-order valence-corrected chi connectivity index (χ3v) is 7.24. The van der Waals surface area contributed by atoms with Crippen molar-refractivity contribution in [3.63, 3.8) is 0 Å². The Morgan fingerprint density at radius 1 is 1.10 bits per heavy atom. The lowest BCUT2D eigenvalue weighted by atomic mass is 9.75. The Kier molecular flexibility index (Phi) is 6.09. The minimum absolute atomic E-state index is 0.0180. The Balaban J connectivity index is 1.51. The molecule has 0 unspecified atom stereocenters. The zero-order valence-corrected chi connectivity index (χ0v) is 18.6. The fourth-order valence-electron chi connectivity index (χ4n) is 4.90. The van der Waals surface area contributed by atoms with Gasteiger partial charge in [0.15, 0.2) is 5.78 Å². The van der Waals surface area contributed by atoms with E-state index in [1.165, 1.54) is 0 Å². The number of hydrogen-bond donors (Lipinski definition) is 1. The molecule has 0 radical (unpaired) electrons. The average Bonchev–Trinajstić information content (AvgIpc) is 2.95. The van der Waals surface area contributed by atoms with Crippen LogP contribution in [0, 0.1) is 5.92 Å². The Bertz CT molecular complexity index is 900. The second kappa shape index (κ2) is 8.58. The third-order valence-electron chi connectivity index (χ3n) is 6.46. The van der Waals surface area contributed by atoms with E-state index in [4.69, 9.17) is 11.6 Å². The highest BCUT2D eigenvalue weighted by atomic mass is 79.9. The van der Waals surface area contributed by atoms with Gasteiger partial charge < -0.3 is 5.32 Å². The van der Waals surface area contributed by atoms with Crippen LogP contribution in [0.25, 0.3) is 0 Å². The molecule has 0 aliphatic carbocycles. The van der Waals surface area contributed by atoms with E-state index >= 15 is 0 Å². The molecular formula is C23H24BrClN2O2. The van der Waals surface area contributed by atoms with E-state index < -0.39 is 0 Å². The normalized spacial score (nSPS) is 26.3. The second-order valence-electron chi connectivity index (χ2n) is 8.03. The zero-order valence-electron chi connectivity index (χ0n) is 16.3. The van der Waals surface area contributed by atoms with Crippen molar-refractivity contribution in [3.8, 4) is 0 Å². The van der Waals surface area contributed by atoms with Gasteiger partial charge in [0, 0.05) is 27.1 Å². The number of fused-ring (bicyclic) bond motifs is 2. The quantitative estimate of drug-likeness (QED) is 0.640. The van der Waals surface area contributed by atoms with Gasteiger partial charge in [-0.3, -0.25) is 14.5 Å². The molecule has 0 saturated carbocycles. The molecule has 0 aromatic heterocycles. The summed E-state index contributed by atoms with van der Waals surface area (Å²) in [4.78, 5) is 28.1. The molecule has 152 valence electrons. The molecule has 1 N–H and O–H groups in total. The van der Waals surface area contributed by atoms with Gasteiger partial charge in [0.05, 0.1) is 12.5 Å². The zero-order chi connectivity index (χ0) is 20.5. The number of amides is 1. The second-order valence-corrected chi connectivity index (χ2v) is 9.38. The minimum atomic E-state index is -0.169. The van der Waals surface area contributed by atoms with Crippen LogP contribution >= 0.6 is 27.5 Å². The summed E-state index contributed by atoms with van der Waals surface area (Å²) in [6.45, 7) is 0.0180. The van der Waals surface area contributed by atoms with Gasteiger partial charge >= 0.3 is 0 Å². The number of halogens is 2. The molecule has 2 aliphatic rings. The van der Waals surface area contributed by atoms with E-state index in [9.17, 15) is 9.59 Å². The first-order valence-electron chi connectivity index (χ1n) is 9.98. The van der Waals surface area contributed by atoms with Gasteiger partial charge in [-0.15, -0.1) is 0 Å². The number of nitrogens with one attached hydrogen (secondary N) is 1. The summed E-state index contributed by atoms with van der Waals surface area (Å²) in [5, 5.41) is 3.63. The highest BCUT2D eigenvalue weighted by molar-refractivity contribution is 9.10. The van der Waals surface area contributed by atoms with Crippen LogP contribution in [0.2, 0.25) is 5.02 Å². The first-order chi connectivity index (χ1) is 13.9. The van der Waals surface area contributed by atoms with Gasteiger partial charge in [0.2, 0.25) is 5.91 Å². The predicted octanol–water partition coefficient (Wildman–Crippen LogP) is 4.67. The fraction of sp³-hybridized carbons (Fsp3) is 0.391. The van der Waals surface area contributed by atoms with Crippen LogP contribution < -0.4 is 5.32 Å².